The third-order valence-electron chi connectivity index (χ3n) is 6.55. The van der Waals surface area contributed by atoms with Gasteiger partial charge in [-0.1, -0.05) is 30.3 Å². The zero-order valence-corrected chi connectivity index (χ0v) is 15.3. The largest absolute Gasteiger partial charge is 0.335 e. The van der Waals surface area contributed by atoms with Gasteiger partial charge in [0.15, 0.2) is 0 Å². The van der Waals surface area contributed by atoms with Crippen LogP contribution in [0.25, 0.3) is 11.3 Å². The first-order valence-corrected chi connectivity index (χ1v) is 9.87. The summed E-state index contributed by atoms with van der Waals surface area (Å²) < 4.78 is 0. The number of hydrogen-bond acceptors (Lipinski definition) is 3. The molecule has 26 heavy (non-hydrogen) atoms. The topological polar surface area (TPSA) is 46.1 Å². The van der Waals surface area contributed by atoms with Crippen LogP contribution in [0.15, 0.2) is 36.5 Å². The lowest BCUT2D eigenvalue weighted by Crippen LogP contribution is -2.42. The first kappa shape index (κ1) is 16.0. The van der Waals surface area contributed by atoms with Gasteiger partial charge in [0.2, 0.25) is 0 Å². The molecule has 2 saturated carbocycles. The molecule has 2 aliphatic heterocycles. The number of fused-ring (bicyclic) bond motifs is 1. The molecule has 4 fully saturated rings. The molecule has 6 rings (SSSR count). The molecule has 0 N–H and O–H groups in total. The smallest absolute Gasteiger partial charge is 0.257 e. The number of rotatable bonds is 2. The van der Waals surface area contributed by atoms with E-state index in [1.54, 1.807) is 6.20 Å². The Kier molecular flexibility index (Phi) is 3.80. The van der Waals surface area contributed by atoms with E-state index in [0.717, 1.165) is 29.6 Å². The van der Waals surface area contributed by atoms with Gasteiger partial charge in [0.1, 0.15) is 5.82 Å². The van der Waals surface area contributed by atoms with Crippen molar-refractivity contribution in [3.05, 3.63) is 47.9 Å². The fraction of sp³-hybridized carbons (Fsp3) is 0.500. The molecule has 134 valence electrons. The maximum absolute atomic E-state index is 13.6. The van der Waals surface area contributed by atoms with Gasteiger partial charge in [0.25, 0.3) is 5.91 Å². The number of aromatic nitrogens is 2. The van der Waals surface area contributed by atoms with Crippen LogP contribution in [0.3, 0.4) is 0 Å². The number of nitrogens with zero attached hydrogens (tertiary/aromatic N) is 3. The summed E-state index contributed by atoms with van der Waals surface area (Å²) in [6.07, 6.45) is 8.12. The molecule has 3 heterocycles. The Morgan fingerprint density at radius 2 is 1.69 bits per heavy atom. The third-order valence-corrected chi connectivity index (χ3v) is 6.55. The zero-order chi connectivity index (χ0) is 17.7. The predicted octanol–water partition coefficient (Wildman–Crippen LogP) is 4.10. The van der Waals surface area contributed by atoms with Crippen molar-refractivity contribution in [2.24, 2.45) is 17.8 Å². The molecule has 2 atom stereocenters. The minimum absolute atomic E-state index is 0.127. The van der Waals surface area contributed by atoms with Gasteiger partial charge in [-0.15, -0.1) is 0 Å². The normalized spacial score (nSPS) is 29.7. The lowest BCUT2D eigenvalue weighted by atomic mass is 9.68. The highest BCUT2D eigenvalue weighted by Gasteiger charge is 2.44. The highest BCUT2D eigenvalue weighted by atomic mass is 16.2. The van der Waals surface area contributed by atoms with E-state index in [-0.39, 0.29) is 5.91 Å². The molecule has 0 spiro atoms. The highest BCUT2D eigenvalue weighted by molar-refractivity contribution is 5.99. The maximum atomic E-state index is 13.6. The molecule has 4 heteroatoms. The van der Waals surface area contributed by atoms with Crippen molar-refractivity contribution >= 4 is 5.91 Å². The lowest BCUT2D eigenvalue weighted by Gasteiger charge is -2.39. The Balaban J connectivity index is 1.53. The molecule has 4 aliphatic rings. The second kappa shape index (κ2) is 6.19. The second-order valence-electron chi connectivity index (χ2n) is 8.43. The van der Waals surface area contributed by atoms with Crippen molar-refractivity contribution in [1.29, 1.82) is 0 Å². The van der Waals surface area contributed by atoms with Crippen LogP contribution in [0.4, 0.5) is 0 Å². The van der Waals surface area contributed by atoms with Crippen molar-refractivity contribution in [3.8, 4) is 11.3 Å². The lowest BCUT2D eigenvalue weighted by molar-refractivity contribution is 0.0632. The van der Waals surface area contributed by atoms with Crippen molar-refractivity contribution in [3.63, 3.8) is 0 Å². The minimum Gasteiger partial charge on any atom is -0.335 e. The molecule has 0 radical (unpaired) electrons. The van der Waals surface area contributed by atoms with Gasteiger partial charge in [-0.05, 0) is 56.8 Å². The molecular weight excluding hydrogens is 322 g/mol. The van der Waals surface area contributed by atoms with Gasteiger partial charge in [0.05, 0.1) is 11.3 Å². The summed E-state index contributed by atoms with van der Waals surface area (Å²) in [5, 5.41) is 0. The van der Waals surface area contributed by atoms with Gasteiger partial charge < -0.3 is 4.90 Å². The molecule has 1 aromatic carbocycles. The zero-order valence-electron chi connectivity index (χ0n) is 15.3. The average molecular weight is 347 g/mol. The first-order valence-electron chi connectivity index (χ1n) is 9.87. The van der Waals surface area contributed by atoms with Gasteiger partial charge in [0, 0.05) is 24.3 Å². The molecule has 0 unspecified atom stereocenters. The van der Waals surface area contributed by atoms with E-state index in [0.29, 0.717) is 23.3 Å². The van der Waals surface area contributed by atoms with Crippen molar-refractivity contribution in [2.75, 3.05) is 6.54 Å². The van der Waals surface area contributed by atoms with Crippen LogP contribution in [0.1, 0.15) is 48.3 Å². The van der Waals surface area contributed by atoms with E-state index in [4.69, 9.17) is 0 Å². The Bertz CT molecular complexity index is 821. The van der Waals surface area contributed by atoms with Crippen molar-refractivity contribution in [2.45, 2.75) is 45.1 Å². The molecule has 2 aliphatic carbocycles. The summed E-state index contributed by atoms with van der Waals surface area (Å²) in [5.74, 6) is 3.18. The summed E-state index contributed by atoms with van der Waals surface area (Å²) in [4.78, 5) is 24.7. The summed E-state index contributed by atoms with van der Waals surface area (Å²) >= 11 is 0. The fourth-order valence-electron chi connectivity index (χ4n) is 5.63. The molecule has 2 saturated heterocycles. The number of carbonyl (C=O) groups excluding carboxylic acids is 1. The number of carbonyl (C=O) groups is 1. The Morgan fingerprint density at radius 3 is 2.42 bits per heavy atom. The predicted molar refractivity (Wildman–Crippen MR) is 101 cm³/mol. The third kappa shape index (κ3) is 2.72. The Hall–Kier alpha value is -2.23. The number of benzene rings is 1. The second-order valence-corrected chi connectivity index (χ2v) is 8.43. The van der Waals surface area contributed by atoms with E-state index < -0.39 is 0 Å². The number of amides is 1. The van der Waals surface area contributed by atoms with Gasteiger partial charge in [-0.2, -0.15) is 0 Å². The molecular formula is C22H25N3O. The van der Waals surface area contributed by atoms with E-state index in [1.165, 1.54) is 32.1 Å². The van der Waals surface area contributed by atoms with Gasteiger partial charge in [-0.3, -0.25) is 4.79 Å². The Morgan fingerprint density at radius 1 is 1.00 bits per heavy atom. The maximum Gasteiger partial charge on any atom is 0.257 e. The van der Waals surface area contributed by atoms with E-state index >= 15 is 0 Å². The van der Waals surface area contributed by atoms with E-state index in [1.807, 2.05) is 37.3 Å². The van der Waals surface area contributed by atoms with Crippen LogP contribution >= 0.6 is 0 Å². The van der Waals surface area contributed by atoms with Crippen LogP contribution in [-0.4, -0.2) is 33.4 Å². The summed E-state index contributed by atoms with van der Waals surface area (Å²) in [5.41, 5.74) is 2.41. The molecule has 1 aromatic heterocycles. The standard InChI is InChI=1S/C22H25N3O/c1-14-23-12-20(21(24-14)18-5-3-2-4-6-18)22(26)25-13-17-8-15-7-16(9-17)11-19(25)10-15/h2-6,12,15-17,19H,7-11,13H2,1H3/t15-,16-,17?,19?/m0/s1. The summed E-state index contributed by atoms with van der Waals surface area (Å²) in [7, 11) is 0. The summed E-state index contributed by atoms with van der Waals surface area (Å²) in [6, 6.07) is 10.4. The summed E-state index contributed by atoms with van der Waals surface area (Å²) in [6.45, 7) is 2.80. The molecule has 4 bridgehead atoms. The molecule has 4 nitrogen and oxygen atoms in total. The van der Waals surface area contributed by atoms with Crippen LogP contribution in [0.5, 0.6) is 0 Å². The van der Waals surface area contributed by atoms with Crippen LogP contribution in [0, 0.1) is 24.7 Å². The SMILES string of the molecule is Cc1ncc(C(=O)N2CC3C[C@H]4CC2C[C@H](C3)C4)c(-c2ccccc2)n1. The Labute approximate surface area is 154 Å². The van der Waals surface area contributed by atoms with E-state index in [9.17, 15) is 4.79 Å². The first-order chi connectivity index (χ1) is 12.7. The van der Waals surface area contributed by atoms with E-state index in [2.05, 4.69) is 14.9 Å². The molecule has 1 amide bonds. The van der Waals surface area contributed by atoms with Gasteiger partial charge in [-0.25, -0.2) is 9.97 Å². The quantitative estimate of drug-likeness (QED) is 0.821. The van der Waals surface area contributed by atoms with Crippen molar-refractivity contribution < 1.29 is 4.79 Å². The minimum atomic E-state index is 0.127. The number of hydrogen-bond donors (Lipinski definition) is 0. The average Bonchev–Trinajstić information content (AvgIpc) is 2.85. The highest BCUT2D eigenvalue weighted by Crippen LogP contribution is 2.47. The fourth-order valence-corrected chi connectivity index (χ4v) is 5.63. The molecule has 2 aromatic rings. The van der Waals surface area contributed by atoms with Crippen LogP contribution < -0.4 is 0 Å². The number of aryl methyl sites for hydroxylation is 1. The van der Waals surface area contributed by atoms with Crippen LogP contribution in [-0.2, 0) is 0 Å². The van der Waals surface area contributed by atoms with Gasteiger partial charge >= 0.3 is 0 Å². The van der Waals surface area contributed by atoms with Crippen molar-refractivity contribution in [1.82, 2.24) is 14.9 Å². The monoisotopic (exact) mass is 347 g/mol. The van der Waals surface area contributed by atoms with Crippen LogP contribution in [0.2, 0.25) is 0 Å².